The van der Waals surface area contributed by atoms with Gasteiger partial charge in [0, 0.05) is 26.2 Å². The third-order valence-electron chi connectivity index (χ3n) is 5.16. The molecule has 2 N–H and O–H groups in total. The molecule has 0 bridgehead atoms. The predicted molar refractivity (Wildman–Crippen MR) is 138 cm³/mol. The first-order valence-electron chi connectivity index (χ1n) is 11.2. The molecule has 0 aromatic heterocycles. The standard InChI is InChI=1S/C23H41N5O.HI/c1-6-24-23(25-12-15-28-14-7-13-27(5)16-17-28)26-20(4)21-8-10-22(11-9-21)29-18-19(2)3;/h8-11,19-20H,6-7,12-18H2,1-5H3,(H2,24,25,26);1H. The van der Waals surface area contributed by atoms with Gasteiger partial charge < -0.3 is 25.2 Å². The molecule has 1 saturated heterocycles. The molecule has 0 radical (unpaired) electrons. The van der Waals surface area contributed by atoms with Gasteiger partial charge in [-0.15, -0.1) is 24.0 Å². The van der Waals surface area contributed by atoms with Crippen molar-refractivity contribution in [2.75, 3.05) is 59.5 Å². The van der Waals surface area contributed by atoms with Crippen molar-refractivity contribution in [1.29, 1.82) is 0 Å². The van der Waals surface area contributed by atoms with E-state index in [1.807, 2.05) is 0 Å². The Balaban J connectivity index is 0.00000450. The van der Waals surface area contributed by atoms with Crippen molar-refractivity contribution >= 4 is 29.9 Å². The van der Waals surface area contributed by atoms with Gasteiger partial charge in [0.15, 0.2) is 5.96 Å². The number of nitrogens with one attached hydrogen (secondary N) is 2. The van der Waals surface area contributed by atoms with Crippen molar-refractivity contribution in [3.8, 4) is 5.75 Å². The van der Waals surface area contributed by atoms with Gasteiger partial charge in [0.25, 0.3) is 0 Å². The van der Waals surface area contributed by atoms with Gasteiger partial charge in [-0.2, -0.15) is 0 Å². The summed E-state index contributed by atoms with van der Waals surface area (Å²) in [6.45, 7) is 16.7. The fourth-order valence-electron chi connectivity index (χ4n) is 3.35. The van der Waals surface area contributed by atoms with E-state index in [-0.39, 0.29) is 30.0 Å². The van der Waals surface area contributed by atoms with Crippen LogP contribution in [0.4, 0.5) is 0 Å². The summed E-state index contributed by atoms with van der Waals surface area (Å²) in [6, 6.07) is 8.54. The van der Waals surface area contributed by atoms with E-state index in [9.17, 15) is 0 Å². The zero-order chi connectivity index (χ0) is 21.1. The van der Waals surface area contributed by atoms with Gasteiger partial charge in [0.05, 0.1) is 19.2 Å². The Morgan fingerprint density at radius 3 is 2.50 bits per heavy atom. The summed E-state index contributed by atoms with van der Waals surface area (Å²) in [5.74, 6) is 2.34. The molecule has 172 valence electrons. The summed E-state index contributed by atoms with van der Waals surface area (Å²) in [6.07, 6.45) is 1.24. The molecule has 1 aromatic rings. The third-order valence-corrected chi connectivity index (χ3v) is 5.16. The van der Waals surface area contributed by atoms with Crippen LogP contribution in [0.3, 0.4) is 0 Å². The average Bonchev–Trinajstić information content (AvgIpc) is 2.91. The normalized spacial score (nSPS) is 17.2. The third kappa shape index (κ3) is 10.3. The molecule has 0 saturated carbocycles. The van der Waals surface area contributed by atoms with Crippen molar-refractivity contribution in [1.82, 2.24) is 20.4 Å². The first-order valence-corrected chi connectivity index (χ1v) is 11.2. The number of likely N-dealkylation sites (N-methyl/N-ethyl adjacent to an activating group) is 1. The van der Waals surface area contributed by atoms with Crippen LogP contribution < -0.4 is 15.4 Å². The minimum atomic E-state index is 0. The molecular weight excluding hydrogens is 489 g/mol. The number of halogens is 1. The van der Waals surface area contributed by atoms with Crippen LogP contribution in [-0.2, 0) is 0 Å². The van der Waals surface area contributed by atoms with E-state index in [1.54, 1.807) is 0 Å². The highest BCUT2D eigenvalue weighted by Crippen LogP contribution is 2.18. The maximum Gasteiger partial charge on any atom is 0.191 e. The lowest BCUT2D eigenvalue weighted by molar-refractivity contribution is 0.271. The second kappa shape index (κ2) is 14.9. The molecule has 7 heteroatoms. The Labute approximate surface area is 200 Å². The fraction of sp³-hybridized carbons (Fsp3) is 0.696. The van der Waals surface area contributed by atoms with Gasteiger partial charge in [0.1, 0.15) is 5.75 Å². The molecule has 6 nitrogen and oxygen atoms in total. The second-order valence-corrected chi connectivity index (χ2v) is 8.40. The minimum Gasteiger partial charge on any atom is -0.493 e. The summed E-state index contributed by atoms with van der Waals surface area (Å²) in [5.41, 5.74) is 1.23. The highest BCUT2D eigenvalue weighted by molar-refractivity contribution is 14.0. The lowest BCUT2D eigenvalue weighted by Crippen LogP contribution is -2.39. The predicted octanol–water partition coefficient (Wildman–Crippen LogP) is 3.59. The maximum atomic E-state index is 5.78. The zero-order valence-electron chi connectivity index (χ0n) is 19.5. The van der Waals surface area contributed by atoms with Crippen LogP contribution in [0.15, 0.2) is 29.3 Å². The number of rotatable bonds is 9. The molecule has 30 heavy (non-hydrogen) atoms. The minimum absolute atomic E-state index is 0. The van der Waals surface area contributed by atoms with Crippen LogP contribution in [0.25, 0.3) is 0 Å². The van der Waals surface area contributed by atoms with Crippen molar-refractivity contribution in [3.63, 3.8) is 0 Å². The van der Waals surface area contributed by atoms with Gasteiger partial charge in [-0.25, -0.2) is 0 Å². The number of hydrogen-bond acceptors (Lipinski definition) is 4. The molecule has 1 atom stereocenters. The summed E-state index contributed by atoms with van der Waals surface area (Å²) in [5, 5.41) is 6.90. The molecule has 1 aliphatic heterocycles. The number of nitrogens with zero attached hydrogens (tertiary/aromatic N) is 3. The van der Waals surface area contributed by atoms with E-state index in [0.29, 0.717) is 5.92 Å². The molecule has 0 aliphatic carbocycles. The van der Waals surface area contributed by atoms with Crippen molar-refractivity contribution < 1.29 is 4.74 Å². The van der Waals surface area contributed by atoms with Gasteiger partial charge in [-0.05, 0) is 64.0 Å². The Morgan fingerprint density at radius 2 is 1.83 bits per heavy atom. The molecule has 1 unspecified atom stereocenters. The molecule has 1 aliphatic rings. The summed E-state index contributed by atoms with van der Waals surface area (Å²) in [4.78, 5) is 9.74. The first kappa shape index (κ1) is 27.0. The van der Waals surface area contributed by atoms with Gasteiger partial charge in [0.2, 0.25) is 0 Å². The smallest absolute Gasteiger partial charge is 0.191 e. The molecule has 1 heterocycles. The number of benzene rings is 1. The highest BCUT2D eigenvalue weighted by Gasteiger charge is 2.12. The molecule has 0 spiro atoms. The SMILES string of the molecule is CCNC(=NCCN1CCCN(C)CC1)NC(C)c1ccc(OCC(C)C)cc1.I. The second-order valence-electron chi connectivity index (χ2n) is 8.40. The van der Waals surface area contributed by atoms with Gasteiger partial charge in [-0.1, -0.05) is 26.0 Å². The van der Waals surface area contributed by atoms with Crippen LogP contribution in [-0.4, -0.2) is 75.2 Å². The zero-order valence-corrected chi connectivity index (χ0v) is 21.8. The quantitative estimate of drug-likeness (QED) is 0.290. The molecule has 1 fully saturated rings. The van der Waals surface area contributed by atoms with Crippen LogP contribution in [0.2, 0.25) is 0 Å². The van der Waals surface area contributed by atoms with E-state index < -0.39 is 0 Å². The Bertz CT molecular complexity index is 608. The van der Waals surface area contributed by atoms with Crippen LogP contribution in [0, 0.1) is 5.92 Å². The van der Waals surface area contributed by atoms with Crippen molar-refractivity contribution in [2.45, 2.75) is 40.2 Å². The van der Waals surface area contributed by atoms with E-state index in [4.69, 9.17) is 9.73 Å². The Kier molecular flexibility index (Phi) is 13.4. The maximum absolute atomic E-state index is 5.78. The van der Waals surface area contributed by atoms with E-state index >= 15 is 0 Å². The van der Waals surface area contributed by atoms with Gasteiger partial charge >= 0.3 is 0 Å². The number of hydrogen-bond donors (Lipinski definition) is 2. The van der Waals surface area contributed by atoms with E-state index in [0.717, 1.165) is 51.0 Å². The average molecular weight is 532 g/mol. The van der Waals surface area contributed by atoms with E-state index in [2.05, 4.69) is 79.4 Å². The van der Waals surface area contributed by atoms with E-state index in [1.165, 1.54) is 25.1 Å². The topological polar surface area (TPSA) is 52.1 Å². The Morgan fingerprint density at radius 1 is 1.10 bits per heavy atom. The largest absolute Gasteiger partial charge is 0.493 e. The van der Waals surface area contributed by atoms with Crippen molar-refractivity contribution in [2.24, 2.45) is 10.9 Å². The van der Waals surface area contributed by atoms with Crippen molar-refractivity contribution in [3.05, 3.63) is 29.8 Å². The fourth-order valence-corrected chi connectivity index (χ4v) is 3.35. The van der Waals surface area contributed by atoms with Crippen LogP contribution >= 0.6 is 24.0 Å². The summed E-state index contributed by atoms with van der Waals surface area (Å²) in [7, 11) is 2.21. The molecule has 0 amide bonds. The lowest BCUT2D eigenvalue weighted by Gasteiger charge is -2.21. The summed E-state index contributed by atoms with van der Waals surface area (Å²) >= 11 is 0. The molecule has 1 aromatic carbocycles. The summed E-state index contributed by atoms with van der Waals surface area (Å²) < 4.78 is 5.78. The van der Waals surface area contributed by atoms with Crippen LogP contribution in [0.1, 0.15) is 45.7 Å². The van der Waals surface area contributed by atoms with Gasteiger partial charge in [-0.3, -0.25) is 4.99 Å². The Hall–Kier alpha value is -1.06. The van der Waals surface area contributed by atoms with Crippen LogP contribution in [0.5, 0.6) is 5.75 Å². The highest BCUT2D eigenvalue weighted by atomic mass is 127. The number of aliphatic imine (C=N–C) groups is 1. The first-order chi connectivity index (χ1) is 14.0. The number of guanidine groups is 1. The lowest BCUT2D eigenvalue weighted by atomic mass is 10.1. The molecule has 2 rings (SSSR count). The monoisotopic (exact) mass is 531 g/mol. The molecular formula is C23H42IN5O. The number of ether oxygens (including phenoxy) is 1.